The summed E-state index contributed by atoms with van der Waals surface area (Å²) in [6.45, 7) is 6.54. The number of fused-ring (bicyclic) bond motifs is 1. The molecule has 0 bridgehead atoms. The SMILES string of the molecule is C#Cc1ccc(N2CC3CN(C4COC4)CC3C2)nc1. The Balaban J connectivity index is 1.41. The predicted molar refractivity (Wildman–Crippen MR) is 77.5 cm³/mol. The number of pyridine rings is 1. The molecule has 104 valence electrons. The highest BCUT2D eigenvalue weighted by atomic mass is 16.5. The summed E-state index contributed by atoms with van der Waals surface area (Å²) in [6.07, 6.45) is 7.16. The van der Waals surface area contributed by atoms with Gasteiger partial charge in [-0.15, -0.1) is 6.42 Å². The van der Waals surface area contributed by atoms with Crippen LogP contribution in [-0.4, -0.2) is 55.3 Å². The summed E-state index contributed by atoms with van der Waals surface area (Å²) in [5.74, 6) is 5.25. The normalized spacial score (nSPS) is 30.1. The van der Waals surface area contributed by atoms with Crippen LogP contribution in [0.25, 0.3) is 0 Å². The first kappa shape index (κ1) is 12.2. The third-order valence-electron chi connectivity index (χ3n) is 4.89. The molecule has 3 saturated heterocycles. The highest BCUT2D eigenvalue weighted by Crippen LogP contribution is 2.34. The zero-order chi connectivity index (χ0) is 13.5. The molecule has 0 amide bonds. The molecule has 0 aromatic carbocycles. The number of terminal acetylenes is 1. The second-order valence-electron chi connectivity index (χ2n) is 6.12. The van der Waals surface area contributed by atoms with Crippen LogP contribution in [0.3, 0.4) is 0 Å². The summed E-state index contributed by atoms with van der Waals surface area (Å²) in [4.78, 5) is 9.51. The van der Waals surface area contributed by atoms with Crippen molar-refractivity contribution in [2.24, 2.45) is 11.8 Å². The standard InChI is InChI=1S/C16H19N3O/c1-2-12-3-4-16(17-5-12)19-8-13-6-18(7-14(13)9-19)15-10-20-11-15/h1,3-5,13-15H,6-11H2. The van der Waals surface area contributed by atoms with Crippen LogP contribution in [-0.2, 0) is 4.74 Å². The van der Waals surface area contributed by atoms with Crippen LogP contribution < -0.4 is 4.90 Å². The summed E-state index contributed by atoms with van der Waals surface area (Å²) in [5.41, 5.74) is 0.851. The van der Waals surface area contributed by atoms with Crippen LogP contribution in [0.15, 0.2) is 18.3 Å². The van der Waals surface area contributed by atoms with Crippen LogP contribution in [0.1, 0.15) is 5.56 Å². The van der Waals surface area contributed by atoms with Gasteiger partial charge in [-0.3, -0.25) is 4.90 Å². The molecular formula is C16H19N3O. The van der Waals surface area contributed by atoms with Gasteiger partial charge in [0.05, 0.1) is 19.3 Å². The van der Waals surface area contributed by atoms with Gasteiger partial charge in [0.15, 0.2) is 0 Å². The molecule has 1 aromatic rings. The number of hydrogen-bond acceptors (Lipinski definition) is 4. The van der Waals surface area contributed by atoms with Crippen LogP contribution in [0.2, 0.25) is 0 Å². The Morgan fingerprint density at radius 3 is 2.40 bits per heavy atom. The lowest BCUT2D eigenvalue weighted by Gasteiger charge is -2.35. The van der Waals surface area contributed by atoms with E-state index >= 15 is 0 Å². The molecule has 2 atom stereocenters. The molecule has 20 heavy (non-hydrogen) atoms. The number of rotatable bonds is 2. The van der Waals surface area contributed by atoms with E-state index in [1.54, 1.807) is 6.20 Å². The molecule has 4 heterocycles. The number of hydrogen-bond donors (Lipinski definition) is 0. The molecule has 0 aliphatic carbocycles. The predicted octanol–water partition coefficient (Wildman–Crippen LogP) is 0.830. The van der Waals surface area contributed by atoms with E-state index < -0.39 is 0 Å². The first-order chi connectivity index (χ1) is 9.83. The van der Waals surface area contributed by atoms with E-state index in [2.05, 4.69) is 20.7 Å². The highest BCUT2D eigenvalue weighted by Gasteiger charge is 2.43. The van der Waals surface area contributed by atoms with Crippen molar-refractivity contribution in [2.75, 3.05) is 44.3 Å². The summed E-state index contributed by atoms with van der Waals surface area (Å²) >= 11 is 0. The van der Waals surface area contributed by atoms with E-state index in [1.807, 2.05) is 12.1 Å². The second-order valence-corrected chi connectivity index (χ2v) is 6.12. The summed E-state index contributed by atoms with van der Waals surface area (Å²) in [7, 11) is 0. The molecule has 0 saturated carbocycles. The minimum atomic E-state index is 0.682. The van der Waals surface area contributed by atoms with Crippen molar-refractivity contribution in [1.82, 2.24) is 9.88 Å². The summed E-state index contributed by atoms with van der Waals surface area (Å²) in [6, 6.07) is 4.71. The van der Waals surface area contributed by atoms with E-state index in [0.717, 1.165) is 49.5 Å². The number of anilines is 1. The van der Waals surface area contributed by atoms with Gasteiger partial charge < -0.3 is 9.64 Å². The summed E-state index contributed by atoms with van der Waals surface area (Å²) < 4.78 is 5.30. The molecule has 0 N–H and O–H groups in total. The number of nitrogens with zero attached hydrogens (tertiary/aromatic N) is 3. The highest BCUT2D eigenvalue weighted by molar-refractivity contribution is 5.44. The first-order valence-electron chi connectivity index (χ1n) is 7.33. The second kappa shape index (κ2) is 4.76. The molecular weight excluding hydrogens is 250 g/mol. The molecule has 0 spiro atoms. The van der Waals surface area contributed by atoms with Crippen molar-refractivity contribution in [3.63, 3.8) is 0 Å². The van der Waals surface area contributed by atoms with E-state index in [9.17, 15) is 0 Å². The van der Waals surface area contributed by atoms with Gasteiger partial charge >= 0.3 is 0 Å². The molecule has 3 aliphatic rings. The maximum atomic E-state index is 5.37. The van der Waals surface area contributed by atoms with Gasteiger partial charge in [-0.1, -0.05) is 5.92 Å². The lowest BCUT2D eigenvalue weighted by atomic mass is 10.0. The smallest absolute Gasteiger partial charge is 0.128 e. The Kier molecular flexibility index (Phi) is 2.90. The topological polar surface area (TPSA) is 28.6 Å². The third kappa shape index (κ3) is 1.98. The quantitative estimate of drug-likeness (QED) is 0.744. The lowest BCUT2D eigenvalue weighted by Crippen LogP contribution is -2.48. The van der Waals surface area contributed by atoms with E-state index in [0.29, 0.717) is 6.04 Å². The molecule has 3 aliphatic heterocycles. The molecule has 3 fully saturated rings. The van der Waals surface area contributed by atoms with Gasteiger partial charge in [0.1, 0.15) is 5.82 Å². The monoisotopic (exact) mass is 269 g/mol. The lowest BCUT2D eigenvalue weighted by molar-refractivity contribution is -0.0590. The Hall–Kier alpha value is -1.57. The maximum absolute atomic E-state index is 5.37. The van der Waals surface area contributed by atoms with Crippen molar-refractivity contribution in [3.8, 4) is 12.3 Å². The van der Waals surface area contributed by atoms with Gasteiger partial charge in [0.2, 0.25) is 0 Å². The largest absolute Gasteiger partial charge is 0.378 e. The van der Waals surface area contributed by atoms with Gasteiger partial charge in [-0.2, -0.15) is 0 Å². The first-order valence-corrected chi connectivity index (χ1v) is 7.33. The van der Waals surface area contributed by atoms with Crippen molar-refractivity contribution >= 4 is 5.82 Å². The van der Waals surface area contributed by atoms with E-state index in [4.69, 9.17) is 11.2 Å². The van der Waals surface area contributed by atoms with Gasteiger partial charge in [-0.05, 0) is 24.0 Å². The van der Waals surface area contributed by atoms with Crippen molar-refractivity contribution < 1.29 is 4.74 Å². The van der Waals surface area contributed by atoms with Gasteiger partial charge in [-0.25, -0.2) is 4.98 Å². The van der Waals surface area contributed by atoms with Crippen molar-refractivity contribution in [3.05, 3.63) is 23.9 Å². The van der Waals surface area contributed by atoms with E-state index in [1.165, 1.54) is 13.1 Å². The Morgan fingerprint density at radius 2 is 1.90 bits per heavy atom. The molecule has 1 aromatic heterocycles. The van der Waals surface area contributed by atoms with Crippen molar-refractivity contribution in [2.45, 2.75) is 6.04 Å². The Bertz CT molecular complexity index is 518. The van der Waals surface area contributed by atoms with Crippen LogP contribution in [0.4, 0.5) is 5.82 Å². The summed E-state index contributed by atoms with van der Waals surface area (Å²) in [5, 5.41) is 0. The Labute approximate surface area is 119 Å². The zero-order valence-corrected chi connectivity index (χ0v) is 11.5. The number of likely N-dealkylation sites (tertiary alicyclic amines) is 1. The number of ether oxygens (including phenoxy) is 1. The molecule has 4 rings (SSSR count). The van der Waals surface area contributed by atoms with E-state index in [-0.39, 0.29) is 0 Å². The zero-order valence-electron chi connectivity index (χ0n) is 11.5. The average Bonchev–Trinajstić information content (AvgIpc) is 2.95. The molecule has 4 nitrogen and oxygen atoms in total. The molecule has 0 radical (unpaired) electrons. The van der Waals surface area contributed by atoms with Crippen LogP contribution in [0, 0.1) is 24.2 Å². The Morgan fingerprint density at radius 1 is 1.15 bits per heavy atom. The van der Waals surface area contributed by atoms with Crippen LogP contribution in [0.5, 0.6) is 0 Å². The fraction of sp³-hybridized carbons (Fsp3) is 0.562. The fourth-order valence-electron chi connectivity index (χ4n) is 3.61. The minimum absolute atomic E-state index is 0.682. The molecule has 2 unspecified atom stereocenters. The van der Waals surface area contributed by atoms with Crippen molar-refractivity contribution in [1.29, 1.82) is 0 Å². The van der Waals surface area contributed by atoms with Gasteiger partial charge in [0, 0.05) is 37.9 Å². The van der Waals surface area contributed by atoms with Crippen LogP contribution >= 0.6 is 0 Å². The fourth-order valence-corrected chi connectivity index (χ4v) is 3.61. The maximum Gasteiger partial charge on any atom is 0.128 e. The molecule has 4 heteroatoms. The number of aromatic nitrogens is 1. The average molecular weight is 269 g/mol. The van der Waals surface area contributed by atoms with Gasteiger partial charge in [0.25, 0.3) is 0 Å². The minimum Gasteiger partial charge on any atom is -0.378 e. The third-order valence-corrected chi connectivity index (χ3v) is 4.89.